The molecular weight excluding hydrogens is 348 g/mol. The third-order valence-corrected chi connectivity index (χ3v) is 5.24. The Morgan fingerprint density at radius 3 is 2.72 bits per heavy atom. The largest absolute Gasteiger partial charge is 0.476 e. The molecule has 0 radical (unpaired) electrons. The number of aliphatic carboxylic acids is 1. The summed E-state index contributed by atoms with van der Waals surface area (Å²) in [4.78, 5) is 36.5. The minimum absolute atomic E-state index is 0.0584. The van der Waals surface area contributed by atoms with Crippen LogP contribution in [0.25, 0.3) is 0 Å². The number of carboxylic acid groups (broad SMARTS) is 1. The van der Waals surface area contributed by atoms with Crippen LogP contribution in [0.2, 0.25) is 0 Å². The second-order valence-corrected chi connectivity index (χ2v) is 6.72. The first-order valence-electron chi connectivity index (χ1n) is 7.50. The fraction of sp³-hybridized carbons (Fsp3) is 0.312. The average molecular weight is 364 g/mol. The lowest BCUT2D eigenvalue weighted by molar-refractivity contribution is -0.156. The number of carboxylic acids is 1. The van der Waals surface area contributed by atoms with E-state index in [0.717, 1.165) is 16.7 Å². The summed E-state index contributed by atoms with van der Waals surface area (Å²) >= 11 is 1.07. The summed E-state index contributed by atoms with van der Waals surface area (Å²) in [7, 11) is 1.50. The van der Waals surface area contributed by atoms with E-state index >= 15 is 0 Å². The van der Waals surface area contributed by atoms with E-state index in [9.17, 15) is 24.6 Å². The number of fused-ring (bicyclic) bond motifs is 1. The van der Waals surface area contributed by atoms with Crippen LogP contribution in [0.15, 0.2) is 35.1 Å². The van der Waals surface area contributed by atoms with E-state index in [-0.39, 0.29) is 22.4 Å². The summed E-state index contributed by atoms with van der Waals surface area (Å²) in [5.41, 5.74) is 0.115. The number of hydrogen-bond donors (Lipinski definition) is 3. The van der Waals surface area contributed by atoms with Crippen molar-refractivity contribution in [2.75, 3.05) is 7.05 Å². The van der Waals surface area contributed by atoms with Crippen molar-refractivity contribution in [3.8, 4) is 5.75 Å². The minimum Gasteiger partial charge on any atom is -0.476 e. The highest BCUT2D eigenvalue weighted by molar-refractivity contribution is 8.03. The fourth-order valence-corrected chi connectivity index (χ4v) is 4.24. The van der Waals surface area contributed by atoms with Gasteiger partial charge in [0.1, 0.15) is 11.1 Å². The molecule has 2 aliphatic heterocycles. The van der Waals surface area contributed by atoms with Crippen LogP contribution in [-0.4, -0.2) is 51.4 Å². The SMILES string of the molecule is CNC(=O)c1cccc(OC2=C(C(=O)O)N3C(=O)[C@H]([C@@H](C)O)[C@H]3S2)c1. The first-order chi connectivity index (χ1) is 11.8. The van der Waals surface area contributed by atoms with Crippen LogP contribution in [0, 0.1) is 5.92 Å². The molecule has 1 aromatic rings. The Morgan fingerprint density at radius 2 is 2.12 bits per heavy atom. The topological polar surface area (TPSA) is 116 Å². The van der Waals surface area contributed by atoms with Crippen LogP contribution in [0.3, 0.4) is 0 Å². The lowest BCUT2D eigenvalue weighted by atomic mass is 9.92. The van der Waals surface area contributed by atoms with Crippen molar-refractivity contribution < 1.29 is 29.3 Å². The Labute approximate surface area is 147 Å². The highest BCUT2D eigenvalue weighted by Crippen LogP contribution is 2.50. The van der Waals surface area contributed by atoms with Crippen LogP contribution in [-0.2, 0) is 9.59 Å². The number of thioether (sulfide) groups is 1. The quantitative estimate of drug-likeness (QED) is 0.655. The Balaban J connectivity index is 1.88. The van der Waals surface area contributed by atoms with Gasteiger partial charge in [0.05, 0.1) is 12.0 Å². The maximum atomic E-state index is 12.1. The van der Waals surface area contributed by atoms with E-state index in [4.69, 9.17) is 4.74 Å². The Hall–Kier alpha value is -2.52. The van der Waals surface area contributed by atoms with Gasteiger partial charge in [0.15, 0.2) is 10.8 Å². The van der Waals surface area contributed by atoms with E-state index in [1.165, 1.54) is 20.0 Å². The van der Waals surface area contributed by atoms with E-state index in [1.54, 1.807) is 18.2 Å². The Kier molecular flexibility index (Phi) is 4.44. The van der Waals surface area contributed by atoms with Gasteiger partial charge in [-0.1, -0.05) is 17.8 Å². The maximum Gasteiger partial charge on any atom is 0.357 e. The van der Waals surface area contributed by atoms with Gasteiger partial charge >= 0.3 is 5.97 Å². The van der Waals surface area contributed by atoms with Crippen molar-refractivity contribution in [3.63, 3.8) is 0 Å². The second kappa shape index (κ2) is 6.41. The van der Waals surface area contributed by atoms with Crippen molar-refractivity contribution in [3.05, 3.63) is 40.6 Å². The van der Waals surface area contributed by atoms with Gasteiger partial charge < -0.3 is 20.3 Å². The van der Waals surface area contributed by atoms with Gasteiger partial charge in [0, 0.05) is 12.6 Å². The number of rotatable bonds is 5. The smallest absolute Gasteiger partial charge is 0.357 e. The van der Waals surface area contributed by atoms with E-state index < -0.39 is 29.3 Å². The molecule has 2 amide bonds. The van der Waals surface area contributed by atoms with Crippen LogP contribution in [0.5, 0.6) is 5.75 Å². The number of nitrogens with zero attached hydrogens (tertiary/aromatic N) is 1. The normalized spacial score (nSPS) is 23.0. The number of β-lactam (4-membered cyclic amide) rings is 1. The Bertz CT molecular complexity index is 791. The van der Waals surface area contributed by atoms with Gasteiger partial charge in [-0.3, -0.25) is 14.5 Å². The molecule has 0 spiro atoms. The highest BCUT2D eigenvalue weighted by Gasteiger charge is 2.58. The number of amides is 2. The van der Waals surface area contributed by atoms with Crippen LogP contribution in [0.1, 0.15) is 17.3 Å². The summed E-state index contributed by atoms with van der Waals surface area (Å²) in [6, 6.07) is 6.28. The first kappa shape index (κ1) is 17.3. The predicted molar refractivity (Wildman–Crippen MR) is 88.5 cm³/mol. The zero-order chi connectivity index (χ0) is 18.3. The third kappa shape index (κ3) is 2.85. The van der Waals surface area contributed by atoms with E-state index in [2.05, 4.69) is 5.32 Å². The minimum atomic E-state index is -1.29. The number of ether oxygens (including phenoxy) is 1. The summed E-state index contributed by atoms with van der Waals surface area (Å²) in [6.07, 6.45) is -0.882. The summed E-state index contributed by atoms with van der Waals surface area (Å²) in [5.74, 6) is -2.42. The molecule has 1 fully saturated rings. The third-order valence-electron chi connectivity index (χ3n) is 4.00. The maximum absolute atomic E-state index is 12.1. The van der Waals surface area contributed by atoms with Crippen LogP contribution in [0.4, 0.5) is 0 Å². The second-order valence-electron chi connectivity index (χ2n) is 5.63. The summed E-state index contributed by atoms with van der Waals surface area (Å²) in [6.45, 7) is 1.49. The van der Waals surface area contributed by atoms with Gasteiger partial charge in [0.25, 0.3) is 5.91 Å². The van der Waals surface area contributed by atoms with Gasteiger partial charge in [-0.2, -0.15) is 0 Å². The molecule has 2 aliphatic rings. The zero-order valence-corrected chi connectivity index (χ0v) is 14.2. The molecule has 3 rings (SSSR count). The van der Waals surface area contributed by atoms with Crippen molar-refractivity contribution in [2.24, 2.45) is 5.92 Å². The van der Waals surface area contributed by atoms with Gasteiger partial charge in [-0.25, -0.2) is 4.79 Å². The van der Waals surface area contributed by atoms with Gasteiger partial charge in [-0.05, 0) is 25.1 Å². The monoisotopic (exact) mass is 364 g/mol. The molecule has 2 heterocycles. The van der Waals surface area contributed by atoms with Crippen LogP contribution >= 0.6 is 11.8 Å². The molecule has 3 N–H and O–H groups in total. The highest BCUT2D eigenvalue weighted by atomic mass is 32.2. The molecule has 0 saturated carbocycles. The van der Waals surface area contributed by atoms with Gasteiger partial charge in [-0.15, -0.1) is 0 Å². The molecular formula is C16H16N2O6S. The van der Waals surface area contributed by atoms with Gasteiger partial charge in [0.2, 0.25) is 5.91 Å². The lowest BCUT2D eigenvalue weighted by Crippen LogP contribution is -2.60. The molecule has 0 bridgehead atoms. The van der Waals surface area contributed by atoms with Crippen molar-refractivity contribution in [1.82, 2.24) is 10.2 Å². The summed E-state index contributed by atoms with van der Waals surface area (Å²) in [5, 5.41) is 21.2. The summed E-state index contributed by atoms with van der Waals surface area (Å²) < 4.78 is 5.65. The molecule has 0 unspecified atom stereocenters. The zero-order valence-electron chi connectivity index (χ0n) is 13.4. The van der Waals surface area contributed by atoms with E-state index in [0.29, 0.717) is 5.56 Å². The molecule has 9 heteroatoms. The molecule has 132 valence electrons. The lowest BCUT2D eigenvalue weighted by Gasteiger charge is -2.43. The molecule has 3 atom stereocenters. The van der Waals surface area contributed by atoms with E-state index in [1.807, 2.05) is 0 Å². The predicted octanol–water partition coefficient (Wildman–Crippen LogP) is 0.591. The van der Waals surface area contributed by atoms with Crippen LogP contribution < -0.4 is 10.1 Å². The van der Waals surface area contributed by atoms with Crippen molar-refractivity contribution in [2.45, 2.75) is 18.4 Å². The first-order valence-corrected chi connectivity index (χ1v) is 8.38. The molecule has 25 heavy (non-hydrogen) atoms. The number of benzene rings is 1. The number of hydrogen-bond acceptors (Lipinski definition) is 6. The number of nitrogens with one attached hydrogen (secondary N) is 1. The molecule has 1 saturated heterocycles. The number of aliphatic hydroxyl groups is 1. The molecule has 0 aliphatic carbocycles. The fourth-order valence-electron chi connectivity index (χ4n) is 2.77. The van der Waals surface area contributed by atoms with Crippen molar-refractivity contribution in [1.29, 1.82) is 0 Å². The molecule has 8 nitrogen and oxygen atoms in total. The number of carbonyl (C=O) groups is 3. The number of aliphatic hydroxyl groups excluding tert-OH is 1. The standard InChI is InChI=1S/C16H16N2O6S/c1-7(19)10-13(21)18-11(15(22)23)16(25-14(10)18)24-9-5-3-4-8(6-9)12(20)17-2/h3-7,10,14,19H,1-2H3,(H,17,20)(H,22,23)/t7-,10+,14-/m1/s1. The average Bonchev–Trinajstić information content (AvgIpc) is 2.88. The Morgan fingerprint density at radius 1 is 1.40 bits per heavy atom. The molecule has 0 aromatic heterocycles. The van der Waals surface area contributed by atoms with Crippen molar-refractivity contribution >= 4 is 29.5 Å². The number of carbonyl (C=O) groups excluding carboxylic acids is 2. The molecule has 1 aromatic carbocycles.